The molecule has 1 fully saturated rings. The summed E-state index contributed by atoms with van der Waals surface area (Å²) in [6.45, 7) is 5.85. The van der Waals surface area contributed by atoms with Crippen molar-refractivity contribution in [3.8, 4) is 11.5 Å². The van der Waals surface area contributed by atoms with Crippen LogP contribution in [-0.2, 0) is 16.0 Å². The van der Waals surface area contributed by atoms with Gasteiger partial charge in [0.25, 0.3) is 0 Å². The van der Waals surface area contributed by atoms with Gasteiger partial charge in [-0.05, 0) is 45.1 Å². The van der Waals surface area contributed by atoms with Gasteiger partial charge in [-0.2, -0.15) is 8.78 Å². The van der Waals surface area contributed by atoms with E-state index in [0.717, 1.165) is 39.1 Å². The summed E-state index contributed by atoms with van der Waals surface area (Å²) in [5, 5.41) is 6.41. The molecule has 9 heteroatoms. The smallest absolute Gasteiger partial charge is 0.387 e. The van der Waals surface area contributed by atoms with Crippen LogP contribution in [-0.4, -0.2) is 58.7 Å². The topological polar surface area (TPSA) is 73.3 Å². The Morgan fingerprint density at radius 2 is 2.03 bits per heavy atom. The van der Waals surface area contributed by atoms with Crippen LogP contribution in [0.15, 0.2) is 23.2 Å². The molecule has 1 saturated heterocycles. The molecule has 0 spiro atoms. The minimum atomic E-state index is -2.93. The molecule has 31 heavy (non-hydrogen) atoms. The number of nitrogens with one attached hydrogen (secondary N) is 2. The number of guanidine groups is 1. The molecule has 176 valence electrons. The zero-order valence-electron chi connectivity index (χ0n) is 18.5. The monoisotopic (exact) mass is 443 g/mol. The summed E-state index contributed by atoms with van der Waals surface area (Å²) in [5.74, 6) is 1.52. The van der Waals surface area contributed by atoms with Crippen LogP contribution in [0.25, 0.3) is 0 Å². The Bertz CT molecular complexity index is 656. The predicted octanol–water partition coefficient (Wildman–Crippen LogP) is 3.58. The van der Waals surface area contributed by atoms with E-state index >= 15 is 0 Å². The molecule has 2 rings (SSSR count). The summed E-state index contributed by atoms with van der Waals surface area (Å²) in [4.78, 5) is 4.50. The summed E-state index contributed by atoms with van der Waals surface area (Å²) in [6.07, 6.45) is 2.97. The SMILES string of the molecule is CCNC(=NCc1cccc(OCC)c1OC(F)F)NCCCOCC1CCOCC1. The number of halogens is 2. The molecule has 0 amide bonds. The lowest BCUT2D eigenvalue weighted by molar-refractivity contribution is -0.0520. The summed E-state index contributed by atoms with van der Waals surface area (Å²) in [7, 11) is 0. The fourth-order valence-electron chi connectivity index (χ4n) is 3.23. The fraction of sp³-hybridized carbons (Fsp3) is 0.682. The molecular weight excluding hydrogens is 408 g/mol. The Morgan fingerprint density at radius 1 is 1.23 bits per heavy atom. The summed E-state index contributed by atoms with van der Waals surface area (Å²) >= 11 is 0. The first kappa shape index (κ1) is 25.1. The van der Waals surface area contributed by atoms with E-state index in [4.69, 9.17) is 18.9 Å². The number of alkyl halides is 2. The van der Waals surface area contributed by atoms with Crippen LogP contribution in [0.3, 0.4) is 0 Å². The van der Waals surface area contributed by atoms with Crippen molar-refractivity contribution in [2.24, 2.45) is 10.9 Å². The molecule has 0 unspecified atom stereocenters. The first-order valence-corrected chi connectivity index (χ1v) is 11.0. The van der Waals surface area contributed by atoms with Gasteiger partial charge in [-0.15, -0.1) is 0 Å². The molecule has 0 aromatic heterocycles. The zero-order chi connectivity index (χ0) is 22.3. The third kappa shape index (κ3) is 9.69. The van der Waals surface area contributed by atoms with E-state index in [-0.39, 0.29) is 18.0 Å². The Morgan fingerprint density at radius 3 is 2.74 bits per heavy atom. The van der Waals surface area contributed by atoms with Crippen LogP contribution in [0.1, 0.15) is 38.7 Å². The summed E-state index contributed by atoms with van der Waals surface area (Å²) < 4.78 is 47.0. The molecule has 0 saturated carbocycles. The largest absolute Gasteiger partial charge is 0.490 e. The second kappa shape index (κ2) is 14.8. The molecule has 2 N–H and O–H groups in total. The highest BCUT2D eigenvalue weighted by Gasteiger charge is 2.16. The maximum Gasteiger partial charge on any atom is 0.387 e. The van der Waals surface area contributed by atoms with Crippen LogP contribution < -0.4 is 20.1 Å². The molecule has 1 aliphatic heterocycles. The van der Waals surface area contributed by atoms with Crippen LogP contribution in [0.4, 0.5) is 8.78 Å². The molecule has 1 aromatic rings. The summed E-state index contributed by atoms with van der Waals surface area (Å²) in [6, 6.07) is 5.06. The Kier molecular flexibility index (Phi) is 12.0. The van der Waals surface area contributed by atoms with Gasteiger partial charge in [0.15, 0.2) is 17.5 Å². The van der Waals surface area contributed by atoms with E-state index in [2.05, 4.69) is 15.6 Å². The van der Waals surface area contributed by atoms with Crippen LogP contribution in [0.2, 0.25) is 0 Å². The predicted molar refractivity (Wildman–Crippen MR) is 116 cm³/mol. The van der Waals surface area contributed by atoms with Gasteiger partial charge in [0.1, 0.15) is 0 Å². The molecule has 1 aromatic carbocycles. The summed E-state index contributed by atoms with van der Waals surface area (Å²) in [5.41, 5.74) is 0.531. The second-order valence-corrected chi connectivity index (χ2v) is 7.16. The first-order chi connectivity index (χ1) is 15.1. The first-order valence-electron chi connectivity index (χ1n) is 11.0. The van der Waals surface area contributed by atoms with E-state index in [1.807, 2.05) is 6.92 Å². The molecule has 1 aliphatic rings. The van der Waals surface area contributed by atoms with E-state index in [1.165, 1.54) is 0 Å². The van der Waals surface area contributed by atoms with Gasteiger partial charge in [0.05, 0.1) is 13.2 Å². The van der Waals surface area contributed by atoms with E-state index in [9.17, 15) is 8.78 Å². The van der Waals surface area contributed by atoms with Crippen LogP contribution in [0, 0.1) is 5.92 Å². The maximum absolute atomic E-state index is 12.9. The highest BCUT2D eigenvalue weighted by molar-refractivity contribution is 5.79. The number of rotatable bonds is 13. The van der Waals surface area contributed by atoms with Crippen molar-refractivity contribution in [2.75, 3.05) is 46.1 Å². The zero-order valence-corrected chi connectivity index (χ0v) is 18.5. The van der Waals surface area contributed by atoms with Gasteiger partial charge >= 0.3 is 6.61 Å². The third-order valence-electron chi connectivity index (χ3n) is 4.77. The number of ether oxygens (including phenoxy) is 4. The number of hydrogen-bond donors (Lipinski definition) is 2. The highest BCUT2D eigenvalue weighted by Crippen LogP contribution is 2.33. The third-order valence-corrected chi connectivity index (χ3v) is 4.77. The molecule has 1 heterocycles. The Hall–Kier alpha value is -2.13. The molecular formula is C22H35F2N3O4. The van der Waals surface area contributed by atoms with Gasteiger partial charge in [0, 0.05) is 45.1 Å². The quantitative estimate of drug-likeness (QED) is 0.276. The van der Waals surface area contributed by atoms with Crippen molar-refractivity contribution in [1.29, 1.82) is 0 Å². The molecule has 0 bridgehead atoms. The number of hydrogen-bond acceptors (Lipinski definition) is 5. The molecule has 0 atom stereocenters. The van der Waals surface area contributed by atoms with Crippen molar-refractivity contribution in [2.45, 2.75) is 46.3 Å². The highest BCUT2D eigenvalue weighted by atomic mass is 19.3. The molecule has 7 nitrogen and oxygen atoms in total. The number of aliphatic imine (C=N–C) groups is 1. The maximum atomic E-state index is 12.9. The van der Waals surface area contributed by atoms with E-state index in [0.29, 0.717) is 43.7 Å². The van der Waals surface area contributed by atoms with Gasteiger partial charge in [-0.1, -0.05) is 12.1 Å². The normalized spacial score (nSPS) is 15.2. The van der Waals surface area contributed by atoms with Gasteiger partial charge in [-0.3, -0.25) is 0 Å². The van der Waals surface area contributed by atoms with E-state index < -0.39 is 6.61 Å². The van der Waals surface area contributed by atoms with E-state index in [1.54, 1.807) is 25.1 Å². The molecule has 0 aliphatic carbocycles. The lowest BCUT2D eigenvalue weighted by atomic mass is 10.0. The van der Waals surface area contributed by atoms with Gasteiger partial charge < -0.3 is 29.6 Å². The number of para-hydroxylation sites is 1. The van der Waals surface area contributed by atoms with Crippen molar-refractivity contribution in [3.05, 3.63) is 23.8 Å². The molecule has 0 radical (unpaired) electrons. The van der Waals surface area contributed by atoms with Crippen molar-refractivity contribution in [3.63, 3.8) is 0 Å². The Labute approximate surface area is 183 Å². The van der Waals surface area contributed by atoms with Gasteiger partial charge in [0.2, 0.25) is 0 Å². The average Bonchev–Trinajstić information content (AvgIpc) is 2.76. The minimum absolute atomic E-state index is 0.0282. The fourth-order valence-corrected chi connectivity index (χ4v) is 3.23. The standard InChI is InChI=1S/C22H35F2N3O4/c1-3-25-22(26-11-6-12-29-16-17-9-13-28-14-10-17)27-15-18-7-5-8-19(30-4-2)20(18)31-21(23)24/h5,7-8,17,21H,3-4,6,9-16H2,1-2H3,(H2,25,26,27). The van der Waals surface area contributed by atoms with Crippen LogP contribution >= 0.6 is 0 Å². The average molecular weight is 444 g/mol. The number of nitrogens with zero attached hydrogens (tertiary/aromatic N) is 1. The van der Waals surface area contributed by atoms with Crippen molar-refractivity contribution < 1.29 is 27.7 Å². The Balaban J connectivity index is 1.83. The lowest BCUT2D eigenvalue weighted by Gasteiger charge is -2.21. The second-order valence-electron chi connectivity index (χ2n) is 7.16. The van der Waals surface area contributed by atoms with Crippen LogP contribution in [0.5, 0.6) is 11.5 Å². The van der Waals surface area contributed by atoms with Crippen molar-refractivity contribution >= 4 is 5.96 Å². The minimum Gasteiger partial charge on any atom is -0.490 e. The van der Waals surface area contributed by atoms with Crippen molar-refractivity contribution in [1.82, 2.24) is 10.6 Å². The lowest BCUT2D eigenvalue weighted by Crippen LogP contribution is -2.38. The van der Waals surface area contributed by atoms with Gasteiger partial charge in [-0.25, -0.2) is 4.99 Å². The number of benzene rings is 1.